The molecule has 1 aliphatic heterocycles. The van der Waals surface area contributed by atoms with E-state index < -0.39 is 5.82 Å². The summed E-state index contributed by atoms with van der Waals surface area (Å²) in [4.78, 5) is 12.6. The average molecular weight is 386 g/mol. The van der Waals surface area contributed by atoms with Gasteiger partial charge in [0.25, 0.3) is 5.91 Å². The van der Waals surface area contributed by atoms with Crippen molar-refractivity contribution in [3.8, 4) is 11.3 Å². The minimum atomic E-state index is -0.550. The molecule has 1 aromatic carbocycles. The van der Waals surface area contributed by atoms with Crippen molar-refractivity contribution in [3.63, 3.8) is 0 Å². The van der Waals surface area contributed by atoms with Crippen LogP contribution in [0.3, 0.4) is 0 Å². The molecule has 8 heteroatoms. The zero-order chi connectivity index (χ0) is 17.1. The third-order valence-corrected chi connectivity index (χ3v) is 4.24. The van der Waals surface area contributed by atoms with Crippen LogP contribution in [0.2, 0.25) is 5.02 Å². The number of aromatic nitrogens is 1. The number of rotatable bonds is 4. The van der Waals surface area contributed by atoms with Crippen LogP contribution in [0.4, 0.5) is 4.39 Å². The van der Waals surface area contributed by atoms with E-state index in [1.807, 2.05) is 0 Å². The first-order chi connectivity index (χ1) is 11.6. The number of carbonyl (C=O) groups excluding carboxylic acids is 1. The number of nitrogens with one attached hydrogen (secondary N) is 2. The van der Waals surface area contributed by atoms with E-state index in [9.17, 15) is 9.18 Å². The van der Waals surface area contributed by atoms with E-state index in [2.05, 4.69) is 21.9 Å². The van der Waals surface area contributed by atoms with Crippen LogP contribution in [0.1, 0.15) is 22.5 Å². The van der Waals surface area contributed by atoms with E-state index in [1.54, 1.807) is 13.0 Å². The van der Waals surface area contributed by atoms with Crippen molar-refractivity contribution in [1.29, 1.82) is 0 Å². The molecule has 134 valence electrons. The minimum absolute atomic E-state index is 0. The maximum Gasteiger partial charge on any atom is 0.257 e. The second kappa shape index (κ2) is 8.47. The topological polar surface area (TPSA) is 67.2 Å². The highest BCUT2D eigenvalue weighted by molar-refractivity contribution is 6.33. The molecule has 0 radical (unpaired) electrons. The first-order valence-corrected chi connectivity index (χ1v) is 8.03. The van der Waals surface area contributed by atoms with Crippen LogP contribution in [0.5, 0.6) is 0 Å². The predicted molar refractivity (Wildman–Crippen MR) is 96.8 cm³/mol. The van der Waals surface area contributed by atoms with E-state index in [4.69, 9.17) is 16.1 Å². The third-order valence-electron chi connectivity index (χ3n) is 3.92. The molecule has 0 saturated carbocycles. The molecule has 0 bridgehead atoms. The van der Waals surface area contributed by atoms with Gasteiger partial charge >= 0.3 is 0 Å². The van der Waals surface area contributed by atoms with Crippen molar-refractivity contribution >= 4 is 29.9 Å². The Morgan fingerprint density at radius 2 is 2.28 bits per heavy atom. The standard InChI is InChI=1S/C17H17ClFN3O2.ClH/c1-10-14(17(23)21-9-11-5-7-20-8-6-11)16(22-24-10)15-12(18)3-2-4-13(15)19;/h2-5,20H,6-9H2,1H3,(H,21,23);1H. The molecule has 25 heavy (non-hydrogen) atoms. The van der Waals surface area contributed by atoms with Gasteiger partial charge in [-0.2, -0.15) is 0 Å². The number of hydrogen-bond donors (Lipinski definition) is 2. The monoisotopic (exact) mass is 385 g/mol. The normalized spacial score (nSPS) is 13.8. The molecule has 2 heterocycles. The number of amides is 1. The molecule has 0 spiro atoms. The van der Waals surface area contributed by atoms with Crippen molar-refractivity contribution in [1.82, 2.24) is 15.8 Å². The summed E-state index contributed by atoms with van der Waals surface area (Å²) in [5.74, 6) is -0.588. The van der Waals surface area contributed by atoms with E-state index in [0.717, 1.165) is 25.1 Å². The molecule has 0 aliphatic carbocycles. The fraction of sp³-hybridized carbons (Fsp3) is 0.294. The van der Waals surface area contributed by atoms with Gasteiger partial charge in [-0.3, -0.25) is 4.79 Å². The summed E-state index contributed by atoms with van der Waals surface area (Å²) in [6, 6.07) is 4.32. The van der Waals surface area contributed by atoms with Crippen LogP contribution in [0.25, 0.3) is 11.3 Å². The zero-order valence-electron chi connectivity index (χ0n) is 13.6. The zero-order valence-corrected chi connectivity index (χ0v) is 15.1. The van der Waals surface area contributed by atoms with E-state index in [0.29, 0.717) is 12.3 Å². The molecule has 1 aliphatic rings. The Labute approximate surface area is 156 Å². The molecule has 0 unspecified atom stereocenters. The Morgan fingerprint density at radius 1 is 1.48 bits per heavy atom. The van der Waals surface area contributed by atoms with Crippen molar-refractivity contribution in [2.45, 2.75) is 13.3 Å². The van der Waals surface area contributed by atoms with Crippen LogP contribution in [0.15, 0.2) is 34.4 Å². The van der Waals surface area contributed by atoms with Crippen LogP contribution in [0, 0.1) is 12.7 Å². The van der Waals surface area contributed by atoms with Gasteiger partial charge in [-0.15, -0.1) is 12.4 Å². The fourth-order valence-corrected chi connectivity index (χ4v) is 2.90. The van der Waals surface area contributed by atoms with Gasteiger partial charge in [-0.25, -0.2) is 4.39 Å². The lowest BCUT2D eigenvalue weighted by atomic mass is 10.0. The number of benzene rings is 1. The van der Waals surface area contributed by atoms with Gasteiger partial charge in [0, 0.05) is 13.1 Å². The number of nitrogens with zero attached hydrogens (tertiary/aromatic N) is 1. The first kappa shape index (κ1) is 19.4. The highest BCUT2D eigenvalue weighted by Crippen LogP contribution is 2.33. The van der Waals surface area contributed by atoms with Gasteiger partial charge in [0.05, 0.1) is 10.6 Å². The van der Waals surface area contributed by atoms with Gasteiger partial charge < -0.3 is 15.2 Å². The fourth-order valence-electron chi connectivity index (χ4n) is 2.65. The van der Waals surface area contributed by atoms with Gasteiger partial charge in [0.15, 0.2) is 0 Å². The van der Waals surface area contributed by atoms with Crippen molar-refractivity contribution in [3.05, 3.63) is 52.0 Å². The van der Waals surface area contributed by atoms with Crippen molar-refractivity contribution < 1.29 is 13.7 Å². The predicted octanol–water partition coefficient (Wildman–Crippen LogP) is 3.51. The largest absolute Gasteiger partial charge is 0.360 e. The summed E-state index contributed by atoms with van der Waals surface area (Å²) in [7, 11) is 0. The Kier molecular flexibility index (Phi) is 6.58. The molecule has 0 saturated heterocycles. The quantitative estimate of drug-likeness (QED) is 0.790. The Bertz CT molecular complexity index is 785. The number of hydrogen-bond acceptors (Lipinski definition) is 4. The lowest BCUT2D eigenvalue weighted by Gasteiger charge is -2.14. The summed E-state index contributed by atoms with van der Waals surface area (Å²) >= 11 is 6.08. The van der Waals surface area contributed by atoms with E-state index in [1.165, 1.54) is 12.1 Å². The van der Waals surface area contributed by atoms with Crippen LogP contribution in [-0.2, 0) is 0 Å². The lowest BCUT2D eigenvalue weighted by Crippen LogP contribution is -2.30. The molecule has 1 amide bonds. The molecule has 5 nitrogen and oxygen atoms in total. The number of aryl methyl sites for hydroxylation is 1. The molecule has 3 rings (SSSR count). The molecule has 1 aromatic heterocycles. The summed E-state index contributed by atoms with van der Waals surface area (Å²) in [5, 5.41) is 10.1. The van der Waals surface area contributed by atoms with Gasteiger partial charge in [0.1, 0.15) is 22.8 Å². The molecule has 0 atom stereocenters. The SMILES string of the molecule is Cc1onc(-c2c(F)cccc2Cl)c1C(=O)NCC1=CCNCC1.Cl. The minimum Gasteiger partial charge on any atom is -0.360 e. The molecule has 2 N–H and O–H groups in total. The second-order valence-electron chi connectivity index (χ2n) is 5.56. The van der Waals surface area contributed by atoms with Gasteiger partial charge in [0.2, 0.25) is 0 Å². The van der Waals surface area contributed by atoms with Crippen molar-refractivity contribution in [2.24, 2.45) is 0 Å². The molecular weight excluding hydrogens is 368 g/mol. The summed E-state index contributed by atoms with van der Waals surface area (Å²) in [5.41, 5.74) is 1.55. The van der Waals surface area contributed by atoms with Crippen LogP contribution >= 0.6 is 24.0 Å². The Morgan fingerprint density at radius 3 is 2.96 bits per heavy atom. The van der Waals surface area contributed by atoms with Gasteiger partial charge in [-0.05, 0) is 32.0 Å². The van der Waals surface area contributed by atoms with Crippen molar-refractivity contribution in [2.75, 3.05) is 19.6 Å². The molecule has 0 fully saturated rings. The third kappa shape index (κ3) is 4.21. The average Bonchev–Trinajstić information content (AvgIpc) is 2.95. The smallest absolute Gasteiger partial charge is 0.257 e. The number of carbonyl (C=O) groups is 1. The Hall–Kier alpha value is -1.89. The van der Waals surface area contributed by atoms with E-state index in [-0.39, 0.29) is 40.2 Å². The number of halogens is 3. The summed E-state index contributed by atoms with van der Waals surface area (Å²) in [6.07, 6.45) is 2.94. The Balaban J connectivity index is 0.00000225. The van der Waals surface area contributed by atoms with Crippen LogP contribution in [-0.4, -0.2) is 30.7 Å². The highest BCUT2D eigenvalue weighted by Gasteiger charge is 2.25. The molecule has 2 aromatic rings. The van der Waals surface area contributed by atoms with Gasteiger partial charge in [-0.1, -0.05) is 34.5 Å². The van der Waals surface area contributed by atoms with E-state index >= 15 is 0 Å². The maximum absolute atomic E-state index is 14.2. The maximum atomic E-state index is 14.2. The summed E-state index contributed by atoms with van der Waals surface area (Å²) < 4.78 is 19.3. The lowest BCUT2D eigenvalue weighted by molar-refractivity contribution is 0.0955. The second-order valence-corrected chi connectivity index (χ2v) is 5.97. The molecular formula is C17H18Cl2FN3O2. The first-order valence-electron chi connectivity index (χ1n) is 7.65. The highest BCUT2D eigenvalue weighted by atomic mass is 35.5. The summed E-state index contributed by atoms with van der Waals surface area (Å²) in [6.45, 7) is 3.75. The van der Waals surface area contributed by atoms with Crippen LogP contribution < -0.4 is 10.6 Å².